The zero-order valence-electron chi connectivity index (χ0n) is 6.15. The molecule has 1 aliphatic heterocycles. The van der Waals surface area contributed by atoms with Gasteiger partial charge in [0.05, 0.1) is 6.67 Å². The third-order valence-corrected chi connectivity index (χ3v) is 1.56. The predicted molar refractivity (Wildman–Crippen MR) is 37.8 cm³/mol. The van der Waals surface area contributed by atoms with Crippen LogP contribution in [0, 0.1) is 0 Å². The summed E-state index contributed by atoms with van der Waals surface area (Å²) in [6.07, 6.45) is 0. The number of hydrogen-bond acceptors (Lipinski definition) is 3. The second-order valence-corrected chi connectivity index (χ2v) is 2.62. The summed E-state index contributed by atoms with van der Waals surface area (Å²) in [5, 5.41) is 5.46. The van der Waals surface area contributed by atoms with Gasteiger partial charge in [0.2, 0.25) is 0 Å². The molecule has 0 aromatic heterocycles. The van der Waals surface area contributed by atoms with Gasteiger partial charge in [-0.3, -0.25) is 0 Å². The molecule has 0 unspecified atom stereocenters. The summed E-state index contributed by atoms with van der Waals surface area (Å²) in [5.41, 5.74) is 3.24. The highest BCUT2D eigenvalue weighted by molar-refractivity contribution is 4.63. The van der Waals surface area contributed by atoms with Crippen molar-refractivity contribution in [1.29, 1.82) is 0 Å². The highest BCUT2D eigenvalue weighted by atomic mass is 15.6. The first-order chi connectivity index (χ1) is 4.30. The fraction of sp³-hybridized carbons (Fsp3) is 1.00. The van der Waals surface area contributed by atoms with E-state index in [1.807, 2.05) is 0 Å². The SMILES string of the molecule is CC(C)N1CCNCN1. The van der Waals surface area contributed by atoms with E-state index < -0.39 is 0 Å². The van der Waals surface area contributed by atoms with E-state index in [9.17, 15) is 0 Å². The molecule has 2 N–H and O–H groups in total. The molecular weight excluding hydrogens is 114 g/mol. The van der Waals surface area contributed by atoms with Gasteiger partial charge in [-0.2, -0.15) is 0 Å². The van der Waals surface area contributed by atoms with Crippen LogP contribution in [0.5, 0.6) is 0 Å². The summed E-state index contributed by atoms with van der Waals surface area (Å²) in [7, 11) is 0. The molecule has 0 spiro atoms. The number of rotatable bonds is 1. The fourth-order valence-electron chi connectivity index (χ4n) is 0.965. The molecule has 1 fully saturated rings. The van der Waals surface area contributed by atoms with Crippen molar-refractivity contribution >= 4 is 0 Å². The minimum Gasteiger partial charge on any atom is -0.302 e. The van der Waals surface area contributed by atoms with Crippen LogP contribution in [0.25, 0.3) is 0 Å². The molecule has 1 heterocycles. The van der Waals surface area contributed by atoms with Crippen molar-refractivity contribution in [2.24, 2.45) is 0 Å². The molecular formula is C6H15N3. The molecule has 54 valence electrons. The average molecular weight is 129 g/mol. The molecule has 0 amide bonds. The Balaban J connectivity index is 2.23. The van der Waals surface area contributed by atoms with Gasteiger partial charge in [0.25, 0.3) is 0 Å². The second kappa shape index (κ2) is 3.15. The Morgan fingerprint density at radius 2 is 2.22 bits per heavy atom. The lowest BCUT2D eigenvalue weighted by Gasteiger charge is -2.31. The number of nitrogens with one attached hydrogen (secondary N) is 2. The molecule has 1 rings (SSSR count). The molecule has 3 nitrogen and oxygen atoms in total. The first kappa shape index (κ1) is 6.99. The van der Waals surface area contributed by atoms with Gasteiger partial charge >= 0.3 is 0 Å². The smallest absolute Gasteiger partial charge is 0.0592 e. The zero-order chi connectivity index (χ0) is 6.69. The van der Waals surface area contributed by atoms with E-state index in [4.69, 9.17) is 0 Å². The van der Waals surface area contributed by atoms with Crippen molar-refractivity contribution in [3.8, 4) is 0 Å². The Hall–Kier alpha value is -0.120. The van der Waals surface area contributed by atoms with E-state index >= 15 is 0 Å². The van der Waals surface area contributed by atoms with E-state index in [2.05, 4.69) is 29.6 Å². The molecule has 0 saturated carbocycles. The van der Waals surface area contributed by atoms with Crippen molar-refractivity contribution in [2.45, 2.75) is 19.9 Å². The first-order valence-corrected chi connectivity index (χ1v) is 3.51. The van der Waals surface area contributed by atoms with Crippen molar-refractivity contribution < 1.29 is 0 Å². The summed E-state index contributed by atoms with van der Waals surface area (Å²) < 4.78 is 0. The standard InChI is InChI=1S/C6H15N3/c1-6(2)9-4-3-7-5-8-9/h6-8H,3-5H2,1-2H3. The van der Waals surface area contributed by atoms with Gasteiger partial charge in [0, 0.05) is 19.1 Å². The van der Waals surface area contributed by atoms with Crippen LogP contribution < -0.4 is 10.7 Å². The Kier molecular flexibility index (Phi) is 2.45. The van der Waals surface area contributed by atoms with Crippen LogP contribution in [0.4, 0.5) is 0 Å². The second-order valence-electron chi connectivity index (χ2n) is 2.62. The number of hydrazine groups is 1. The Labute approximate surface area is 56.4 Å². The van der Waals surface area contributed by atoms with E-state index in [0.29, 0.717) is 6.04 Å². The Morgan fingerprint density at radius 3 is 2.56 bits per heavy atom. The fourth-order valence-corrected chi connectivity index (χ4v) is 0.965. The van der Waals surface area contributed by atoms with Crippen molar-refractivity contribution in [2.75, 3.05) is 19.8 Å². The van der Waals surface area contributed by atoms with Crippen LogP contribution in [0.3, 0.4) is 0 Å². The molecule has 3 heteroatoms. The summed E-state index contributed by atoms with van der Waals surface area (Å²) >= 11 is 0. The van der Waals surface area contributed by atoms with Crippen molar-refractivity contribution in [3.05, 3.63) is 0 Å². The normalized spacial score (nSPS) is 23.0. The van der Waals surface area contributed by atoms with E-state index in [1.165, 1.54) is 0 Å². The summed E-state index contributed by atoms with van der Waals surface area (Å²) in [5.74, 6) is 0. The van der Waals surface area contributed by atoms with E-state index in [1.54, 1.807) is 0 Å². The Morgan fingerprint density at radius 1 is 1.44 bits per heavy atom. The van der Waals surface area contributed by atoms with Crippen LogP contribution in [0.2, 0.25) is 0 Å². The topological polar surface area (TPSA) is 27.3 Å². The van der Waals surface area contributed by atoms with E-state index in [0.717, 1.165) is 19.8 Å². The molecule has 1 aliphatic rings. The van der Waals surface area contributed by atoms with Crippen LogP contribution in [0.15, 0.2) is 0 Å². The van der Waals surface area contributed by atoms with Gasteiger partial charge < -0.3 is 5.32 Å². The molecule has 0 aliphatic carbocycles. The zero-order valence-corrected chi connectivity index (χ0v) is 6.15. The molecule has 0 aromatic carbocycles. The highest BCUT2D eigenvalue weighted by Crippen LogP contribution is 1.93. The van der Waals surface area contributed by atoms with E-state index in [-0.39, 0.29) is 0 Å². The van der Waals surface area contributed by atoms with Gasteiger partial charge in [-0.15, -0.1) is 0 Å². The maximum atomic E-state index is 3.24. The van der Waals surface area contributed by atoms with Gasteiger partial charge in [0.1, 0.15) is 0 Å². The van der Waals surface area contributed by atoms with Gasteiger partial charge in [0.15, 0.2) is 0 Å². The Bertz CT molecular complexity index is 76.4. The average Bonchev–Trinajstić information content (AvgIpc) is 1.90. The maximum absolute atomic E-state index is 3.24. The quantitative estimate of drug-likeness (QED) is 0.512. The largest absolute Gasteiger partial charge is 0.302 e. The molecule has 0 aromatic rings. The molecule has 0 atom stereocenters. The predicted octanol–water partition coefficient (Wildman–Crippen LogP) is -0.238. The minimum absolute atomic E-state index is 0.618. The minimum atomic E-state index is 0.618. The maximum Gasteiger partial charge on any atom is 0.0592 e. The molecule has 0 bridgehead atoms. The van der Waals surface area contributed by atoms with Crippen LogP contribution >= 0.6 is 0 Å². The number of hydrogen-bond donors (Lipinski definition) is 2. The van der Waals surface area contributed by atoms with Gasteiger partial charge in [-0.25, -0.2) is 10.4 Å². The molecule has 9 heavy (non-hydrogen) atoms. The van der Waals surface area contributed by atoms with Crippen LogP contribution in [-0.2, 0) is 0 Å². The van der Waals surface area contributed by atoms with Gasteiger partial charge in [-0.05, 0) is 13.8 Å². The lowest BCUT2D eigenvalue weighted by atomic mass is 10.3. The van der Waals surface area contributed by atoms with Gasteiger partial charge in [-0.1, -0.05) is 0 Å². The lowest BCUT2D eigenvalue weighted by molar-refractivity contribution is 0.112. The first-order valence-electron chi connectivity index (χ1n) is 3.51. The number of nitrogens with zero attached hydrogens (tertiary/aromatic N) is 1. The van der Waals surface area contributed by atoms with Crippen LogP contribution in [-0.4, -0.2) is 30.8 Å². The van der Waals surface area contributed by atoms with Crippen molar-refractivity contribution in [3.63, 3.8) is 0 Å². The molecule has 1 saturated heterocycles. The lowest BCUT2D eigenvalue weighted by Crippen LogP contribution is -2.54. The monoisotopic (exact) mass is 129 g/mol. The summed E-state index contributed by atoms with van der Waals surface area (Å²) in [6, 6.07) is 0.618. The van der Waals surface area contributed by atoms with Crippen molar-refractivity contribution in [1.82, 2.24) is 15.8 Å². The third-order valence-electron chi connectivity index (χ3n) is 1.56. The molecule has 0 radical (unpaired) electrons. The summed E-state index contributed by atoms with van der Waals surface area (Å²) in [6.45, 7) is 7.51. The summed E-state index contributed by atoms with van der Waals surface area (Å²) in [4.78, 5) is 0. The third kappa shape index (κ3) is 1.93. The highest BCUT2D eigenvalue weighted by Gasteiger charge is 2.10. The van der Waals surface area contributed by atoms with Crippen LogP contribution in [0.1, 0.15) is 13.8 Å².